The molecule has 1 aromatic rings. The Morgan fingerprint density at radius 2 is 2.40 bits per heavy atom. The topological polar surface area (TPSA) is 53.4 Å². The fourth-order valence-electron chi connectivity index (χ4n) is 1.82. The molecule has 1 saturated heterocycles. The summed E-state index contributed by atoms with van der Waals surface area (Å²) in [5, 5.41) is 9.52. The van der Waals surface area contributed by atoms with E-state index in [0.717, 1.165) is 31.5 Å². The molecule has 15 heavy (non-hydrogen) atoms. The highest BCUT2D eigenvalue weighted by molar-refractivity contribution is 5.74. The largest absolute Gasteiger partial charge is 0.391 e. The minimum absolute atomic E-state index is 0.258. The molecule has 1 aromatic heterocycles. The average molecular weight is 206 g/mol. The van der Waals surface area contributed by atoms with Gasteiger partial charge < -0.3 is 10.0 Å². The summed E-state index contributed by atoms with van der Waals surface area (Å²) in [5.41, 5.74) is 0.580. The first-order valence-corrected chi connectivity index (χ1v) is 5.14. The van der Waals surface area contributed by atoms with Gasteiger partial charge >= 0.3 is 0 Å². The second-order valence-corrected chi connectivity index (χ2v) is 3.81. The Morgan fingerprint density at radius 3 is 3.00 bits per heavy atom. The van der Waals surface area contributed by atoms with Crippen molar-refractivity contribution in [3.63, 3.8) is 0 Å². The average Bonchev–Trinajstić information content (AvgIpc) is 2.29. The molecule has 4 nitrogen and oxygen atoms in total. The molecule has 4 heteroatoms. The number of aldehydes is 1. The van der Waals surface area contributed by atoms with Gasteiger partial charge in [-0.25, -0.2) is 4.98 Å². The van der Waals surface area contributed by atoms with Crippen LogP contribution < -0.4 is 4.90 Å². The molecular weight excluding hydrogens is 192 g/mol. The molecule has 1 unspecified atom stereocenters. The molecule has 0 bridgehead atoms. The van der Waals surface area contributed by atoms with Gasteiger partial charge in [-0.15, -0.1) is 0 Å². The van der Waals surface area contributed by atoms with E-state index in [1.54, 1.807) is 12.3 Å². The molecule has 0 spiro atoms. The quantitative estimate of drug-likeness (QED) is 0.729. The predicted molar refractivity (Wildman–Crippen MR) is 57.1 cm³/mol. The van der Waals surface area contributed by atoms with E-state index in [4.69, 9.17) is 0 Å². The van der Waals surface area contributed by atoms with Crippen molar-refractivity contribution in [2.45, 2.75) is 18.9 Å². The van der Waals surface area contributed by atoms with Crippen LogP contribution >= 0.6 is 0 Å². The summed E-state index contributed by atoms with van der Waals surface area (Å²) >= 11 is 0. The fraction of sp³-hybridized carbons (Fsp3) is 0.455. The molecule has 1 N–H and O–H groups in total. The van der Waals surface area contributed by atoms with Crippen LogP contribution in [0.1, 0.15) is 23.2 Å². The summed E-state index contributed by atoms with van der Waals surface area (Å²) in [6, 6.07) is 3.57. The zero-order chi connectivity index (χ0) is 10.7. The highest BCUT2D eigenvalue weighted by atomic mass is 16.3. The van der Waals surface area contributed by atoms with E-state index >= 15 is 0 Å². The predicted octanol–water partition coefficient (Wildman–Crippen LogP) is 0.855. The van der Waals surface area contributed by atoms with Gasteiger partial charge in [0.2, 0.25) is 0 Å². The number of aliphatic hydroxyl groups is 1. The molecule has 1 fully saturated rings. The zero-order valence-electron chi connectivity index (χ0n) is 8.47. The van der Waals surface area contributed by atoms with Gasteiger partial charge in [0.05, 0.1) is 6.10 Å². The van der Waals surface area contributed by atoms with Gasteiger partial charge in [0.15, 0.2) is 6.29 Å². The summed E-state index contributed by atoms with van der Waals surface area (Å²) < 4.78 is 0. The number of hydrogen-bond donors (Lipinski definition) is 1. The summed E-state index contributed by atoms with van der Waals surface area (Å²) in [5.74, 6) is 0.833. The van der Waals surface area contributed by atoms with Gasteiger partial charge in [-0.1, -0.05) is 0 Å². The number of rotatable bonds is 2. The van der Waals surface area contributed by atoms with Crippen molar-refractivity contribution in [1.29, 1.82) is 0 Å². The lowest BCUT2D eigenvalue weighted by Crippen LogP contribution is -2.38. The molecule has 1 aliphatic heterocycles. The van der Waals surface area contributed by atoms with Crippen LogP contribution in [0.15, 0.2) is 18.3 Å². The zero-order valence-corrected chi connectivity index (χ0v) is 8.47. The van der Waals surface area contributed by atoms with Crippen LogP contribution in [0.2, 0.25) is 0 Å². The Morgan fingerprint density at radius 1 is 1.53 bits per heavy atom. The lowest BCUT2D eigenvalue weighted by atomic mass is 10.1. The van der Waals surface area contributed by atoms with Crippen molar-refractivity contribution in [1.82, 2.24) is 4.98 Å². The molecule has 0 amide bonds. The summed E-state index contributed by atoms with van der Waals surface area (Å²) in [6.07, 6.45) is 3.93. The maximum Gasteiger partial charge on any atom is 0.151 e. The van der Waals surface area contributed by atoms with Crippen LogP contribution in [0.25, 0.3) is 0 Å². The van der Waals surface area contributed by atoms with E-state index in [-0.39, 0.29) is 6.10 Å². The number of aliphatic hydroxyl groups excluding tert-OH is 1. The number of carbonyl (C=O) groups excluding carboxylic acids is 1. The van der Waals surface area contributed by atoms with Crippen LogP contribution in [0, 0.1) is 0 Å². The van der Waals surface area contributed by atoms with E-state index < -0.39 is 0 Å². The van der Waals surface area contributed by atoms with Gasteiger partial charge in [-0.05, 0) is 25.0 Å². The van der Waals surface area contributed by atoms with Crippen LogP contribution in [0.5, 0.6) is 0 Å². The molecule has 0 aliphatic carbocycles. The van der Waals surface area contributed by atoms with Crippen molar-refractivity contribution in [3.05, 3.63) is 23.9 Å². The first-order valence-electron chi connectivity index (χ1n) is 5.14. The second kappa shape index (κ2) is 4.40. The third-order valence-electron chi connectivity index (χ3n) is 2.63. The van der Waals surface area contributed by atoms with Crippen LogP contribution in [0.3, 0.4) is 0 Å². The minimum atomic E-state index is -0.258. The van der Waals surface area contributed by atoms with Gasteiger partial charge in [0, 0.05) is 24.8 Å². The van der Waals surface area contributed by atoms with Crippen molar-refractivity contribution in [2.75, 3.05) is 18.0 Å². The summed E-state index contributed by atoms with van der Waals surface area (Å²) in [4.78, 5) is 16.7. The van der Waals surface area contributed by atoms with Crippen molar-refractivity contribution >= 4 is 12.1 Å². The van der Waals surface area contributed by atoms with E-state index in [1.807, 2.05) is 11.0 Å². The lowest BCUT2D eigenvalue weighted by Gasteiger charge is -2.30. The van der Waals surface area contributed by atoms with Crippen LogP contribution in [0.4, 0.5) is 5.82 Å². The number of aromatic nitrogens is 1. The maximum absolute atomic E-state index is 10.5. The number of hydrogen-bond acceptors (Lipinski definition) is 4. The molecular formula is C11H14N2O2. The van der Waals surface area contributed by atoms with E-state index in [2.05, 4.69) is 4.98 Å². The van der Waals surface area contributed by atoms with E-state index in [1.165, 1.54) is 0 Å². The number of nitrogens with zero attached hydrogens (tertiary/aromatic N) is 2. The molecule has 2 rings (SSSR count). The summed E-state index contributed by atoms with van der Waals surface area (Å²) in [7, 11) is 0. The minimum Gasteiger partial charge on any atom is -0.391 e. The molecule has 80 valence electrons. The highest BCUT2D eigenvalue weighted by Crippen LogP contribution is 2.17. The standard InChI is InChI=1S/C11H14N2O2/c14-8-9-3-4-11(12-6-9)13-5-1-2-10(15)7-13/h3-4,6,8,10,15H,1-2,5,7H2. The number of β-amino-alcohol motifs (C(OH)–C–C–N with tert-alkyl or cyclic N) is 1. The first kappa shape index (κ1) is 10.1. The van der Waals surface area contributed by atoms with E-state index in [0.29, 0.717) is 12.1 Å². The van der Waals surface area contributed by atoms with Gasteiger partial charge in [0.1, 0.15) is 5.82 Å². The first-order chi connectivity index (χ1) is 7.29. The third-order valence-corrected chi connectivity index (χ3v) is 2.63. The van der Waals surface area contributed by atoms with Crippen LogP contribution in [-0.4, -0.2) is 35.6 Å². The summed E-state index contributed by atoms with van der Waals surface area (Å²) in [6.45, 7) is 1.55. The number of carbonyl (C=O) groups is 1. The number of anilines is 1. The molecule has 0 saturated carbocycles. The SMILES string of the molecule is O=Cc1ccc(N2CCCC(O)C2)nc1. The third kappa shape index (κ3) is 2.33. The van der Waals surface area contributed by atoms with Crippen molar-refractivity contribution in [2.24, 2.45) is 0 Å². The van der Waals surface area contributed by atoms with Gasteiger partial charge in [-0.2, -0.15) is 0 Å². The van der Waals surface area contributed by atoms with Gasteiger partial charge in [-0.3, -0.25) is 4.79 Å². The smallest absolute Gasteiger partial charge is 0.151 e. The highest BCUT2D eigenvalue weighted by Gasteiger charge is 2.18. The van der Waals surface area contributed by atoms with Crippen molar-refractivity contribution in [3.8, 4) is 0 Å². The molecule has 1 atom stereocenters. The monoisotopic (exact) mass is 206 g/mol. The Hall–Kier alpha value is -1.42. The molecule has 0 aromatic carbocycles. The Balaban J connectivity index is 2.11. The van der Waals surface area contributed by atoms with E-state index in [9.17, 15) is 9.90 Å². The lowest BCUT2D eigenvalue weighted by molar-refractivity contribution is 0.112. The van der Waals surface area contributed by atoms with Crippen molar-refractivity contribution < 1.29 is 9.90 Å². The van der Waals surface area contributed by atoms with Crippen LogP contribution in [-0.2, 0) is 0 Å². The normalized spacial score (nSPS) is 21.4. The number of pyridine rings is 1. The molecule has 2 heterocycles. The second-order valence-electron chi connectivity index (χ2n) is 3.81. The Labute approximate surface area is 88.6 Å². The Kier molecular flexibility index (Phi) is 2.97. The number of piperidine rings is 1. The fourth-order valence-corrected chi connectivity index (χ4v) is 1.82. The Bertz CT molecular complexity index is 337. The molecule has 0 radical (unpaired) electrons. The molecule has 1 aliphatic rings. The van der Waals surface area contributed by atoms with Gasteiger partial charge in [0.25, 0.3) is 0 Å². The maximum atomic E-state index is 10.5.